The third-order valence-electron chi connectivity index (χ3n) is 3.27. The Morgan fingerprint density at radius 1 is 1.33 bits per heavy atom. The fourth-order valence-corrected chi connectivity index (χ4v) is 2.92. The van der Waals surface area contributed by atoms with E-state index in [1.165, 1.54) is 0 Å². The van der Waals surface area contributed by atoms with E-state index in [-0.39, 0.29) is 29.4 Å². The van der Waals surface area contributed by atoms with Crippen LogP contribution in [0.1, 0.15) is 37.9 Å². The summed E-state index contributed by atoms with van der Waals surface area (Å²) in [5, 5.41) is 14.1. The summed E-state index contributed by atoms with van der Waals surface area (Å²) in [6.45, 7) is 8.99. The molecule has 24 heavy (non-hydrogen) atoms. The number of nitrogens with zero attached hydrogens (tertiary/aromatic N) is 4. The minimum atomic E-state index is 0. The Kier molecular flexibility index (Phi) is 8.68. The molecule has 0 aliphatic carbocycles. The Morgan fingerprint density at radius 2 is 2.12 bits per heavy atom. The number of aliphatic imine (C=N–C) groups is 1. The number of aryl methyl sites for hydroxylation is 1. The van der Waals surface area contributed by atoms with Crippen molar-refractivity contribution in [2.45, 2.75) is 45.7 Å². The maximum absolute atomic E-state index is 4.68. The molecule has 0 aliphatic heterocycles. The van der Waals surface area contributed by atoms with Gasteiger partial charge in [0, 0.05) is 43.3 Å². The molecular formula is C16H27IN6S. The lowest BCUT2D eigenvalue weighted by Crippen LogP contribution is -2.37. The summed E-state index contributed by atoms with van der Waals surface area (Å²) >= 11 is 1.71. The van der Waals surface area contributed by atoms with Gasteiger partial charge >= 0.3 is 0 Å². The first kappa shape index (κ1) is 20.9. The number of guanidine groups is 1. The van der Waals surface area contributed by atoms with E-state index in [9.17, 15) is 0 Å². The van der Waals surface area contributed by atoms with E-state index in [2.05, 4.69) is 51.9 Å². The first-order chi connectivity index (χ1) is 11.0. The molecule has 0 spiro atoms. The highest BCUT2D eigenvalue weighted by molar-refractivity contribution is 14.0. The molecule has 0 atom stereocenters. The molecule has 0 unspecified atom stereocenters. The lowest BCUT2D eigenvalue weighted by atomic mass is 9.98. The fraction of sp³-hybridized carbons (Fsp3) is 0.562. The Morgan fingerprint density at radius 3 is 2.71 bits per heavy atom. The van der Waals surface area contributed by atoms with Crippen molar-refractivity contribution in [3.8, 4) is 0 Å². The second-order valence-corrected chi connectivity index (χ2v) is 7.23. The third-order valence-corrected chi connectivity index (χ3v) is 4.59. The van der Waals surface area contributed by atoms with Crippen molar-refractivity contribution in [3.05, 3.63) is 34.5 Å². The molecular weight excluding hydrogens is 435 g/mol. The molecule has 0 saturated heterocycles. The smallest absolute Gasteiger partial charge is 0.191 e. The lowest BCUT2D eigenvalue weighted by molar-refractivity contribution is 0.569. The van der Waals surface area contributed by atoms with Crippen LogP contribution in [0.5, 0.6) is 0 Å². The average molecular weight is 462 g/mol. The molecule has 2 rings (SSSR count). The Hall–Kier alpha value is -1.16. The van der Waals surface area contributed by atoms with Gasteiger partial charge < -0.3 is 10.6 Å². The topological polar surface area (TPSA) is 67.1 Å². The molecule has 8 heteroatoms. The van der Waals surface area contributed by atoms with Gasteiger partial charge in [-0.05, 0) is 12.5 Å². The van der Waals surface area contributed by atoms with Gasteiger partial charge in [0.05, 0.1) is 17.2 Å². The summed E-state index contributed by atoms with van der Waals surface area (Å²) in [6, 6.07) is 1.94. The Labute approximate surface area is 165 Å². The average Bonchev–Trinajstić information content (AvgIpc) is 3.17. The summed E-state index contributed by atoms with van der Waals surface area (Å²) in [4.78, 5) is 8.92. The molecule has 0 aromatic carbocycles. The van der Waals surface area contributed by atoms with Gasteiger partial charge in [-0.25, -0.2) is 4.98 Å². The highest BCUT2D eigenvalue weighted by Gasteiger charge is 2.17. The van der Waals surface area contributed by atoms with Gasteiger partial charge in [-0.3, -0.25) is 9.67 Å². The number of rotatable bonds is 6. The monoisotopic (exact) mass is 462 g/mol. The molecule has 2 aromatic heterocycles. The maximum atomic E-state index is 4.68. The van der Waals surface area contributed by atoms with E-state index >= 15 is 0 Å². The summed E-state index contributed by atoms with van der Waals surface area (Å²) in [7, 11) is 1.78. The number of nitrogens with one attached hydrogen (secondary N) is 2. The van der Waals surface area contributed by atoms with E-state index in [1.54, 1.807) is 24.6 Å². The standard InChI is InChI=1S/C16H26N6S.HI/c1-16(2,3)14-21-13(12-23-14)11-19-15(17-4)18-7-5-9-22-10-6-8-20-22;/h6,8,10,12H,5,7,9,11H2,1-4H3,(H2,17,18,19);1H. The minimum Gasteiger partial charge on any atom is -0.356 e. The Bertz CT molecular complexity index is 615. The molecule has 0 amide bonds. The molecule has 0 bridgehead atoms. The van der Waals surface area contributed by atoms with E-state index in [0.29, 0.717) is 6.54 Å². The summed E-state index contributed by atoms with van der Waals surface area (Å²) < 4.78 is 1.93. The van der Waals surface area contributed by atoms with Crippen LogP contribution >= 0.6 is 35.3 Å². The number of thiazole rings is 1. The molecule has 2 N–H and O–H groups in total. The predicted octanol–water partition coefficient (Wildman–Crippen LogP) is 3.01. The normalized spacial score (nSPS) is 11.9. The lowest BCUT2D eigenvalue weighted by Gasteiger charge is -2.14. The summed E-state index contributed by atoms with van der Waals surface area (Å²) in [5.41, 5.74) is 1.16. The van der Waals surface area contributed by atoms with Crippen molar-refractivity contribution in [1.82, 2.24) is 25.4 Å². The molecule has 0 radical (unpaired) electrons. The predicted molar refractivity (Wildman–Crippen MR) is 111 cm³/mol. The van der Waals surface area contributed by atoms with Gasteiger partial charge in [0.1, 0.15) is 0 Å². The van der Waals surface area contributed by atoms with Gasteiger partial charge in [0.15, 0.2) is 5.96 Å². The van der Waals surface area contributed by atoms with Crippen LogP contribution in [0.15, 0.2) is 28.8 Å². The zero-order valence-electron chi connectivity index (χ0n) is 14.7. The van der Waals surface area contributed by atoms with Crippen molar-refractivity contribution < 1.29 is 0 Å². The molecule has 2 heterocycles. The highest BCUT2D eigenvalue weighted by atomic mass is 127. The fourth-order valence-electron chi connectivity index (χ4n) is 2.01. The van der Waals surface area contributed by atoms with Crippen LogP contribution in [-0.4, -0.2) is 34.3 Å². The van der Waals surface area contributed by atoms with Gasteiger partial charge in [0.2, 0.25) is 0 Å². The number of aromatic nitrogens is 3. The largest absolute Gasteiger partial charge is 0.356 e. The van der Waals surface area contributed by atoms with Crippen molar-refractivity contribution in [1.29, 1.82) is 0 Å². The zero-order valence-corrected chi connectivity index (χ0v) is 17.9. The molecule has 134 valence electrons. The van der Waals surface area contributed by atoms with Crippen LogP contribution < -0.4 is 10.6 Å². The number of hydrogen-bond donors (Lipinski definition) is 2. The van der Waals surface area contributed by atoms with Gasteiger partial charge in [0.25, 0.3) is 0 Å². The Balaban J connectivity index is 0.00000288. The molecule has 0 fully saturated rings. The van der Waals surface area contributed by atoms with E-state index in [4.69, 9.17) is 0 Å². The van der Waals surface area contributed by atoms with Crippen LogP contribution in [0.3, 0.4) is 0 Å². The van der Waals surface area contributed by atoms with Crippen molar-refractivity contribution in [2.75, 3.05) is 13.6 Å². The van der Waals surface area contributed by atoms with Crippen LogP contribution in [0, 0.1) is 0 Å². The van der Waals surface area contributed by atoms with Crippen LogP contribution in [-0.2, 0) is 18.5 Å². The summed E-state index contributed by atoms with van der Waals surface area (Å²) in [5.74, 6) is 0.802. The SMILES string of the molecule is CN=C(NCCCn1cccn1)NCc1csc(C(C)(C)C)n1.I. The van der Waals surface area contributed by atoms with Crippen molar-refractivity contribution >= 4 is 41.3 Å². The first-order valence-electron chi connectivity index (χ1n) is 7.86. The molecule has 0 saturated carbocycles. The highest BCUT2D eigenvalue weighted by Crippen LogP contribution is 2.25. The quantitative estimate of drug-likeness (QED) is 0.300. The van der Waals surface area contributed by atoms with E-state index in [0.717, 1.165) is 36.2 Å². The van der Waals surface area contributed by atoms with Crippen LogP contribution in [0.4, 0.5) is 0 Å². The van der Waals surface area contributed by atoms with E-state index in [1.807, 2.05) is 16.9 Å². The van der Waals surface area contributed by atoms with E-state index < -0.39 is 0 Å². The van der Waals surface area contributed by atoms with Crippen molar-refractivity contribution in [2.24, 2.45) is 4.99 Å². The van der Waals surface area contributed by atoms with Gasteiger partial charge in [-0.2, -0.15) is 5.10 Å². The second-order valence-electron chi connectivity index (χ2n) is 6.37. The van der Waals surface area contributed by atoms with Crippen LogP contribution in [0.2, 0.25) is 0 Å². The molecule has 0 aliphatic rings. The number of halogens is 1. The minimum absolute atomic E-state index is 0. The molecule has 6 nitrogen and oxygen atoms in total. The van der Waals surface area contributed by atoms with Crippen LogP contribution in [0.25, 0.3) is 0 Å². The molecule has 2 aromatic rings. The third kappa shape index (κ3) is 6.76. The summed E-state index contributed by atoms with van der Waals surface area (Å²) in [6.07, 6.45) is 4.77. The second kappa shape index (κ2) is 9.97. The van der Waals surface area contributed by atoms with Gasteiger partial charge in [-0.15, -0.1) is 35.3 Å². The zero-order chi connectivity index (χ0) is 16.7. The maximum Gasteiger partial charge on any atom is 0.191 e. The van der Waals surface area contributed by atoms with Crippen molar-refractivity contribution in [3.63, 3.8) is 0 Å². The number of hydrogen-bond acceptors (Lipinski definition) is 4. The van der Waals surface area contributed by atoms with Gasteiger partial charge in [-0.1, -0.05) is 20.8 Å². The first-order valence-corrected chi connectivity index (χ1v) is 8.74.